The van der Waals surface area contributed by atoms with Gasteiger partial charge in [0.25, 0.3) is 0 Å². The number of nitrogens with two attached hydrogens (primary N) is 1. The highest BCUT2D eigenvalue weighted by atomic mass is 32.2. The van der Waals surface area contributed by atoms with E-state index >= 15 is 0 Å². The number of benzene rings is 1. The second-order valence-corrected chi connectivity index (χ2v) is 7.40. The van der Waals surface area contributed by atoms with Gasteiger partial charge in [-0.25, -0.2) is 8.42 Å². The van der Waals surface area contributed by atoms with Gasteiger partial charge in [0, 0.05) is 12.3 Å². The van der Waals surface area contributed by atoms with Crippen molar-refractivity contribution in [2.45, 2.75) is 44.0 Å². The lowest BCUT2D eigenvalue weighted by atomic mass is 9.98. The largest absolute Gasteiger partial charge is 0.271 e. The third-order valence-corrected chi connectivity index (χ3v) is 4.31. The van der Waals surface area contributed by atoms with Crippen molar-refractivity contribution < 1.29 is 8.42 Å². The quantitative estimate of drug-likeness (QED) is 0.596. The molecule has 0 bridgehead atoms. The molecule has 1 atom stereocenters. The number of nitrogens with one attached hydrogen (secondary N) is 1. The summed E-state index contributed by atoms with van der Waals surface area (Å²) in [6.45, 7) is 4.40. The fourth-order valence-electron chi connectivity index (χ4n) is 2.02. The van der Waals surface area contributed by atoms with Crippen molar-refractivity contribution in [2.75, 3.05) is 6.26 Å². The van der Waals surface area contributed by atoms with E-state index in [-0.39, 0.29) is 6.04 Å². The number of hydrogen-bond donors (Lipinski definition) is 2. The molecule has 0 radical (unpaired) electrons. The Morgan fingerprint density at radius 2 is 1.74 bits per heavy atom. The van der Waals surface area contributed by atoms with Gasteiger partial charge >= 0.3 is 0 Å². The minimum Gasteiger partial charge on any atom is -0.271 e. The summed E-state index contributed by atoms with van der Waals surface area (Å²) in [4.78, 5) is 0.342. The molecule has 0 spiro atoms. The number of rotatable bonds is 7. The van der Waals surface area contributed by atoms with E-state index in [4.69, 9.17) is 5.84 Å². The van der Waals surface area contributed by atoms with Crippen LogP contribution in [0.5, 0.6) is 0 Å². The Labute approximate surface area is 116 Å². The normalized spacial score (nSPS) is 13.7. The van der Waals surface area contributed by atoms with E-state index in [1.165, 1.54) is 12.7 Å². The maximum Gasteiger partial charge on any atom is 0.175 e. The topological polar surface area (TPSA) is 72.2 Å². The van der Waals surface area contributed by atoms with Crippen LogP contribution in [0.4, 0.5) is 0 Å². The fourth-order valence-corrected chi connectivity index (χ4v) is 2.65. The van der Waals surface area contributed by atoms with Crippen LogP contribution in [0.3, 0.4) is 0 Å². The van der Waals surface area contributed by atoms with E-state index in [0.29, 0.717) is 10.8 Å². The molecule has 19 heavy (non-hydrogen) atoms. The minimum absolute atomic E-state index is 0.0763. The van der Waals surface area contributed by atoms with Gasteiger partial charge in [0.2, 0.25) is 0 Å². The molecule has 0 aliphatic rings. The average Bonchev–Trinajstić information content (AvgIpc) is 2.33. The summed E-state index contributed by atoms with van der Waals surface area (Å²) in [5, 5.41) is 0. The summed E-state index contributed by atoms with van der Waals surface area (Å²) >= 11 is 0. The van der Waals surface area contributed by atoms with Crippen LogP contribution in [0.25, 0.3) is 0 Å². The second-order valence-electron chi connectivity index (χ2n) is 5.39. The Morgan fingerprint density at radius 1 is 1.16 bits per heavy atom. The molecule has 1 aromatic carbocycles. The van der Waals surface area contributed by atoms with E-state index in [1.54, 1.807) is 12.1 Å². The lowest BCUT2D eigenvalue weighted by Crippen LogP contribution is -2.28. The number of sulfone groups is 1. The molecule has 0 heterocycles. The Morgan fingerprint density at radius 3 is 2.16 bits per heavy atom. The van der Waals surface area contributed by atoms with E-state index in [1.807, 2.05) is 12.1 Å². The molecule has 0 aliphatic carbocycles. The van der Waals surface area contributed by atoms with Gasteiger partial charge in [-0.05, 0) is 30.0 Å². The standard InChI is InChI=1S/C14H24N2O2S/c1-11(2)5-4-6-14(16-15)12-7-9-13(10-8-12)19(3,17)18/h7-11,14,16H,4-6,15H2,1-3H3. The first kappa shape index (κ1) is 16.1. The summed E-state index contributed by atoms with van der Waals surface area (Å²) < 4.78 is 22.8. The van der Waals surface area contributed by atoms with Crippen molar-refractivity contribution in [3.8, 4) is 0 Å². The van der Waals surface area contributed by atoms with Crippen LogP contribution in [0.15, 0.2) is 29.2 Å². The summed E-state index contributed by atoms with van der Waals surface area (Å²) in [7, 11) is -3.13. The molecule has 1 rings (SSSR count). The Kier molecular flexibility index (Phi) is 5.97. The number of hydrazine groups is 1. The molecule has 3 N–H and O–H groups in total. The average molecular weight is 284 g/mol. The minimum atomic E-state index is -3.13. The molecule has 4 nitrogen and oxygen atoms in total. The maximum atomic E-state index is 11.4. The van der Waals surface area contributed by atoms with Crippen LogP contribution in [0.1, 0.15) is 44.7 Å². The van der Waals surface area contributed by atoms with Crippen molar-refractivity contribution >= 4 is 9.84 Å². The SMILES string of the molecule is CC(C)CCCC(NN)c1ccc(S(C)(=O)=O)cc1. The van der Waals surface area contributed by atoms with Crippen molar-refractivity contribution in [3.63, 3.8) is 0 Å². The molecule has 0 saturated carbocycles. The van der Waals surface area contributed by atoms with Crippen molar-refractivity contribution in [1.82, 2.24) is 5.43 Å². The third-order valence-electron chi connectivity index (χ3n) is 3.19. The number of hydrogen-bond acceptors (Lipinski definition) is 4. The van der Waals surface area contributed by atoms with Crippen molar-refractivity contribution in [1.29, 1.82) is 0 Å². The first-order chi connectivity index (χ1) is 8.84. The Bertz CT molecular complexity index is 481. The molecule has 1 aromatic rings. The lowest BCUT2D eigenvalue weighted by Gasteiger charge is -2.17. The Hall–Kier alpha value is -0.910. The van der Waals surface area contributed by atoms with Gasteiger partial charge in [-0.3, -0.25) is 11.3 Å². The van der Waals surface area contributed by atoms with Gasteiger partial charge in [-0.15, -0.1) is 0 Å². The van der Waals surface area contributed by atoms with Gasteiger partial charge in [0.15, 0.2) is 9.84 Å². The van der Waals surface area contributed by atoms with Crippen LogP contribution in [-0.4, -0.2) is 14.7 Å². The van der Waals surface area contributed by atoms with E-state index in [9.17, 15) is 8.42 Å². The van der Waals surface area contributed by atoms with Crippen LogP contribution in [-0.2, 0) is 9.84 Å². The Balaban J connectivity index is 2.71. The second kappa shape index (κ2) is 7.03. The van der Waals surface area contributed by atoms with E-state index in [0.717, 1.165) is 18.4 Å². The highest BCUT2D eigenvalue weighted by Gasteiger charge is 2.12. The molecular formula is C14H24N2O2S. The van der Waals surface area contributed by atoms with E-state index in [2.05, 4.69) is 19.3 Å². The molecule has 5 heteroatoms. The smallest absolute Gasteiger partial charge is 0.175 e. The molecule has 1 unspecified atom stereocenters. The molecule has 0 saturated heterocycles. The molecule has 108 valence electrons. The highest BCUT2D eigenvalue weighted by Crippen LogP contribution is 2.21. The maximum absolute atomic E-state index is 11.4. The zero-order valence-electron chi connectivity index (χ0n) is 11.9. The first-order valence-corrected chi connectivity index (χ1v) is 8.50. The predicted octanol–water partition coefficient (Wildman–Crippen LogP) is 2.42. The summed E-state index contributed by atoms with van der Waals surface area (Å²) in [6.07, 6.45) is 4.43. The highest BCUT2D eigenvalue weighted by molar-refractivity contribution is 7.90. The predicted molar refractivity (Wildman–Crippen MR) is 78.3 cm³/mol. The lowest BCUT2D eigenvalue weighted by molar-refractivity contribution is 0.455. The van der Waals surface area contributed by atoms with Crippen LogP contribution in [0.2, 0.25) is 0 Å². The summed E-state index contributed by atoms with van der Waals surface area (Å²) in [6, 6.07) is 7.01. The monoisotopic (exact) mass is 284 g/mol. The van der Waals surface area contributed by atoms with Gasteiger partial charge in [0.05, 0.1) is 4.90 Å². The molecule has 0 fully saturated rings. The fraction of sp³-hybridized carbons (Fsp3) is 0.571. The first-order valence-electron chi connectivity index (χ1n) is 6.60. The van der Waals surface area contributed by atoms with Gasteiger partial charge in [-0.2, -0.15) is 0 Å². The van der Waals surface area contributed by atoms with Gasteiger partial charge in [-0.1, -0.05) is 38.8 Å². The third kappa shape index (κ3) is 5.30. The van der Waals surface area contributed by atoms with E-state index < -0.39 is 9.84 Å². The van der Waals surface area contributed by atoms with Gasteiger partial charge < -0.3 is 0 Å². The molecule has 0 amide bonds. The zero-order chi connectivity index (χ0) is 14.5. The van der Waals surface area contributed by atoms with Crippen molar-refractivity contribution in [3.05, 3.63) is 29.8 Å². The summed E-state index contributed by atoms with van der Waals surface area (Å²) in [5.41, 5.74) is 3.83. The molecule has 0 aromatic heterocycles. The van der Waals surface area contributed by atoms with Crippen LogP contribution < -0.4 is 11.3 Å². The van der Waals surface area contributed by atoms with Gasteiger partial charge in [0.1, 0.15) is 0 Å². The molecule has 0 aliphatic heterocycles. The zero-order valence-corrected chi connectivity index (χ0v) is 12.7. The van der Waals surface area contributed by atoms with Crippen LogP contribution in [0, 0.1) is 5.92 Å². The summed E-state index contributed by atoms with van der Waals surface area (Å²) in [5.74, 6) is 6.26. The van der Waals surface area contributed by atoms with Crippen LogP contribution >= 0.6 is 0 Å². The van der Waals surface area contributed by atoms with Crippen molar-refractivity contribution in [2.24, 2.45) is 11.8 Å². The molecular weight excluding hydrogens is 260 g/mol.